The summed E-state index contributed by atoms with van der Waals surface area (Å²) >= 11 is 0. The molecule has 3 fully saturated rings. The summed E-state index contributed by atoms with van der Waals surface area (Å²) in [6, 6.07) is 0. The zero-order valence-corrected chi connectivity index (χ0v) is 12.8. The smallest absolute Gasteiger partial charge is 0.249 e. The van der Waals surface area contributed by atoms with Crippen molar-refractivity contribution in [1.82, 2.24) is 9.80 Å². The lowest BCUT2D eigenvalue weighted by molar-refractivity contribution is -0.164. The zero-order chi connectivity index (χ0) is 15.7. The molecule has 6 heteroatoms. The summed E-state index contributed by atoms with van der Waals surface area (Å²) in [5.74, 6) is -2.83. The molecular formula is C16H24F2N2O2. The number of hydrogen-bond acceptors (Lipinski definition) is 3. The first-order chi connectivity index (χ1) is 10.5. The molecule has 4 nitrogen and oxygen atoms in total. The Morgan fingerprint density at radius 3 is 2.77 bits per heavy atom. The first-order valence-electron chi connectivity index (χ1n) is 8.10. The molecule has 0 aromatic carbocycles. The van der Waals surface area contributed by atoms with E-state index in [1.54, 1.807) is 4.90 Å². The number of amides is 1. The number of hydrogen-bond donors (Lipinski definition) is 0. The molecular weight excluding hydrogens is 290 g/mol. The molecule has 2 atom stereocenters. The van der Waals surface area contributed by atoms with E-state index >= 15 is 0 Å². The van der Waals surface area contributed by atoms with Crippen LogP contribution in [0.3, 0.4) is 0 Å². The van der Waals surface area contributed by atoms with Crippen molar-refractivity contribution in [2.24, 2.45) is 11.8 Å². The minimum atomic E-state index is -2.64. The number of carbonyl (C=O) groups excluding carboxylic acids is 1. The molecule has 0 N–H and O–H groups in total. The first-order valence-corrected chi connectivity index (χ1v) is 8.10. The van der Waals surface area contributed by atoms with E-state index in [1.165, 1.54) is 0 Å². The van der Waals surface area contributed by atoms with Gasteiger partial charge in [0.15, 0.2) is 0 Å². The Morgan fingerprint density at radius 2 is 2.09 bits per heavy atom. The molecule has 0 radical (unpaired) electrons. The molecule has 0 aromatic rings. The van der Waals surface area contributed by atoms with E-state index in [4.69, 9.17) is 4.74 Å². The molecule has 2 saturated heterocycles. The van der Waals surface area contributed by atoms with E-state index in [0.29, 0.717) is 25.6 Å². The third-order valence-corrected chi connectivity index (χ3v) is 5.07. The molecule has 2 heterocycles. The van der Waals surface area contributed by atoms with Gasteiger partial charge < -0.3 is 9.64 Å². The van der Waals surface area contributed by atoms with Gasteiger partial charge in [-0.05, 0) is 6.42 Å². The third kappa shape index (κ3) is 3.33. The fourth-order valence-electron chi connectivity index (χ4n) is 3.76. The van der Waals surface area contributed by atoms with Crippen LogP contribution in [-0.2, 0) is 9.53 Å². The Bertz CT molecular complexity index is 436. The number of halogens is 2. The minimum absolute atomic E-state index is 0.0353. The summed E-state index contributed by atoms with van der Waals surface area (Å²) in [6.45, 7) is 8.32. The summed E-state index contributed by atoms with van der Waals surface area (Å²) in [4.78, 5) is 16.4. The van der Waals surface area contributed by atoms with Crippen LogP contribution in [0, 0.1) is 11.8 Å². The highest BCUT2D eigenvalue weighted by Crippen LogP contribution is 2.43. The van der Waals surface area contributed by atoms with Gasteiger partial charge in [-0.25, -0.2) is 8.78 Å². The quantitative estimate of drug-likeness (QED) is 0.744. The van der Waals surface area contributed by atoms with E-state index in [-0.39, 0.29) is 24.9 Å². The van der Waals surface area contributed by atoms with Gasteiger partial charge in [-0.1, -0.05) is 6.08 Å². The Morgan fingerprint density at radius 1 is 1.32 bits per heavy atom. The van der Waals surface area contributed by atoms with Crippen molar-refractivity contribution in [3.8, 4) is 0 Å². The highest BCUT2D eigenvalue weighted by atomic mass is 19.3. The second-order valence-electron chi connectivity index (χ2n) is 6.75. The SMILES string of the molecule is C=CCN1CCOC2CN(C(=O)C3CC(F)(F)C3)CCC2C1. The van der Waals surface area contributed by atoms with Crippen LogP contribution >= 0.6 is 0 Å². The Labute approximate surface area is 130 Å². The number of ether oxygens (including phenoxy) is 1. The molecule has 1 saturated carbocycles. The lowest BCUT2D eigenvalue weighted by Gasteiger charge is -2.42. The van der Waals surface area contributed by atoms with Gasteiger partial charge in [0.2, 0.25) is 11.8 Å². The van der Waals surface area contributed by atoms with Crippen LogP contribution in [0.25, 0.3) is 0 Å². The highest BCUT2D eigenvalue weighted by Gasteiger charge is 2.50. The lowest BCUT2D eigenvalue weighted by atomic mass is 9.79. The van der Waals surface area contributed by atoms with Gasteiger partial charge in [-0.2, -0.15) is 0 Å². The number of nitrogens with zero attached hydrogens (tertiary/aromatic N) is 2. The van der Waals surface area contributed by atoms with E-state index < -0.39 is 11.8 Å². The lowest BCUT2D eigenvalue weighted by Crippen LogP contribution is -2.53. The number of piperidine rings is 1. The summed E-state index contributed by atoms with van der Waals surface area (Å²) in [6.07, 6.45) is 2.24. The highest BCUT2D eigenvalue weighted by molar-refractivity contribution is 5.80. The fraction of sp³-hybridized carbons (Fsp3) is 0.812. The summed E-state index contributed by atoms with van der Waals surface area (Å²) < 4.78 is 31.8. The summed E-state index contributed by atoms with van der Waals surface area (Å²) in [5.41, 5.74) is 0. The number of rotatable bonds is 3. The van der Waals surface area contributed by atoms with Crippen molar-refractivity contribution in [2.45, 2.75) is 31.3 Å². The Balaban J connectivity index is 1.55. The number of fused-ring (bicyclic) bond motifs is 1. The van der Waals surface area contributed by atoms with Crippen LogP contribution in [-0.4, -0.2) is 67.1 Å². The minimum Gasteiger partial charge on any atom is -0.375 e. The summed E-state index contributed by atoms with van der Waals surface area (Å²) in [5, 5.41) is 0. The molecule has 1 amide bonds. The molecule has 3 aliphatic rings. The Hall–Kier alpha value is -1.01. The van der Waals surface area contributed by atoms with Crippen molar-refractivity contribution in [3.05, 3.63) is 12.7 Å². The van der Waals surface area contributed by atoms with E-state index in [0.717, 1.165) is 26.1 Å². The fourth-order valence-corrected chi connectivity index (χ4v) is 3.76. The van der Waals surface area contributed by atoms with E-state index in [9.17, 15) is 13.6 Å². The molecule has 1 aliphatic carbocycles. The molecule has 0 spiro atoms. The first kappa shape index (κ1) is 15.9. The van der Waals surface area contributed by atoms with E-state index in [1.807, 2.05) is 6.08 Å². The predicted molar refractivity (Wildman–Crippen MR) is 78.7 cm³/mol. The van der Waals surface area contributed by atoms with Gasteiger partial charge >= 0.3 is 0 Å². The average Bonchev–Trinajstić information content (AvgIpc) is 2.65. The van der Waals surface area contributed by atoms with Crippen LogP contribution in [0.4, 0.5) is 8.78 Å². The van der Waals surface area contributed by atoms with Crippen molar-refractivity contribution in [1.29, 1.82) is 0 Å². The number of likely N-dealkylation sites (tertiary alicyclic amines) is 1. The zero-order valence-electron chi connectivity index (χ0n) is 12.8. The van der Waals surface area contributed by atoms with Gasteiger partial charge in [-0.15, -0.1) is 6.58 Å². The topological polar surface area (TPSA) is 32.8 Å². The van der Waals surface area contributed by atoms with Crippen molar-refractivity contribution in [2.75, 3.05) is 39.3 Å². The maximum absolute atomic E-state index is 12.9. The van der Waals surface area contributed by atoms with Crippen LogP contribution < -0.4 is 0 Å². The Kier molecular flexibility index (Phi) is 4.50. The number of carbonyl (C=O) groups is 1. The van der Waals surface area contributed by atoms with Crippen molar-refractivity contribution in [3.63, 3.8) is 0 Å². The van der Waals surface area contributed by atoms with Crippen LogP contribution in [0.5, 0.6) is 0 Å². The van der Waals surface area contributed by atoms with Gasteiger partial charge in [0, 0.05) is 57.4 Å². The van der Waals surface area contributed by atoms with Crippen LogP contribution in [0.15, 0.2) is 12.7 Å². The second kappa shape index (κ2) is 6.24. The standard InChI is InChI=1S/C16H24F2N2O2/c1-2-4-19-6-7-22-14-11-20(5-3-12(14)10-19)15(21)13-8-16(17,18)9-13/h2,12-14H,1,3-11H2. The maximum Gasteiger partial charge on any atom is 0.249 e. The third-order valence-electron chi connectivity index (χ3n) is 5.07. The summed E-state index contributed by atoms with van der Waals surface area (Å²) in [7, 11) is 0. The average molecular weight is 314 g/mol. The normalized spacial score (nSPS) is 32.7. The molecule has 2 aliphatic heterocycles. The van der Waals surface area contributed by atoms with Crippen molar-refractivity contribution >= 4 is 5.91 Å². The second-order valence-corrected chi connectivity index (χ2v) is 6.75. The van der Waals surface area contributed by atoms with Crippen molar-refractivity contribution < 1.29 is 18.3 Å². The number of alkyl halides is 2. The molecule has 22 heavy (non-hydrogen) atoms. The largest absolute Gasteiger partial charge is 0.375 e. The molecule has 124 valence electrons. The maximum atomic E-state index is 12.9. The molecule has 2 unspecified atom stereocenters. The predicted octanol–water partition coefficient (Wildman–Crippen LogP) is 1.77. The molecule has 3 rings (SSSR count). The van der Waals surface area contributed by atoms with Gasteiger partial charge in [0.05, 0.1) is 12.7 Å². The molecule has 0 aromatic heterocycles. The van der Waals surface area contributed by atoms with E-state index in [2.05, 4.69) is 11.5 Å². The van der Waals surface area contributed by atoms with Gasteiger partial charge in [-0.3, -0.25) is 9.69 Å². The van der Waals surface area contributed by atoms with Crippen LogP contribution in [0.1, 0.15) is 19.3 Å². The monoisotopic (exact) mass is 314 g/mol. The van der Waals surface area contributed by atoms with Gasteiger partial charge in [0.25, 0.3) is 0 Å². The van der Waals surface area contributed by atoms with Crippen LogP contribution in [0.2, 0.25) is 0 Å². The van der Waals surface area contributed by atoms with Gasteiger partial charge in [0.1, 0.15) is 0 Å². The molecule has 0 bridgehead atoms.